The number of hydrogen-bond acceptors (Lipinski definition) is 4. The Bertz CT molecular complexity index is 404. The molecule has 4 nitrogen and oxygen atoms in total. The predicted octanol–water partition coefficient (Wildman–Crippen LogP) is 2.06. The van der Waals surface area contributed by atoms with E-state index in [1.165, 1.54) is 0 Å². The number of unbranched alkanes of at least 4 members (excludes halogenated alkanes) is 1. The van der Waals surface area contributed by atoms with Gasteiger partial charge < -0.3 is 4.90 Å². The normalized spacial score (nSPS) is 18.9. The van der Waals surface area contributed by atoms with Gasteiger partial charge >= 0.3 is 0 Å². The van der Waals surface area contributed by atoms with Crippen LogP contribution in [0.3, 0.4) is 0 Å². The Kier molecular flexibility index (Phi) is 5.31. The van der Waals surface area contributed by atoms with Gasteiger partial charge in [0.1, 0.15) is 0 Å². The van der Waals surface area contributed by atoms with Crippen molar-refractivity contribution < 1.29 is 0 Å². The van der Waals surface area contributed by atoms with Gasteiger partial charge in [-0.25, -0.2) is 0 Å². The Morgan fingerprint density at radius 2 is 2.11 bits per heavy atom. The molecule has 1 aliphatic heterocycles. The molecule has 102 valence electrons. The maximum atomic E-state index is 8.55. The highest BCUT2D eigenvalue weighted by molar-refractivity contribution is 5.08. The van der Waals surface area contributed by atoms with Crippen LogP contribution in [0.15, 0.2) is 24.4 Å². The van der Waals surface area contributed by atoms with Gasteiger partial charge in [0.25, 0.3) is 0 Å². The van der Waals surface area contributed by atoms with Crippen LogP contribution in [-0.2, 0) is 0 Å². The maximum Gasteiger partial charge on any atom is 0.0622 e. The smallest absolute Gasteiger partial charge is 0.0622 e. The van der Waals surface area contributed by atoms with E-state index in [9.17, 15) is 0 Å². The van der Waals surface area contributed by atoms with Crippen molar-refractivity contribution in [2.45, 2.75) is 25.8 Å². The predicted molar refractivity (Wildman–Crippen MR) is 75.5 cm³/mol. The molecule has 4 heteroatoms. The van der Waals surface area contributed by atoms with Gasteiger partial charge in [0.15, 0.2) is 0 Å². The minimum atomic E-state index is 0.391. The van der Waals surface area contributed by atoms with E-state index in [0.29, 0.717) is 12.5 Å². The average molecular weight is 258 g/mol. The quantitative estimate of drug-likeness (QED) is 0.758. The largest absolute Gasteiger partial charge is 0.301 e. The molecule has 2 heterocycles. The second kappa shape index (κ2) is 7.22. The highest BCUT2D eigenvalue weighted by Gasteiger charge is 2.22. The van der Waals surface area contributed by atoms with Crippen molar-refractivity contribution in [1.82, 2.24) is 14.8 Å². The number of piperazine rings is 1. The summed E-state index contributed by atoms with van der Waals surface area (Å²) in [4.78, 5) is 9.39. The summed E-state index contributed by atoms with van der Waals surface area (Å²) in [6, 6.07) is 8.72. The Morgan fingerprint density at radius 1 is 1.32 bits per heavy atom. The van der Waals surface area contributed by atoms with Crippen molar-refractivity contribution in [2.24, 2.45) is 0 Å². The van der Waals surface area contributed by atoms with Gasteiger partial charge in [-0.3, -0.25) is 9.88 Å². The molecule has 0 N–H and O–H groups in total. The first-order valence-corrected chi connectivity index (χ1v) is 7.05. The Labute approximate surface area is 115 Å². The summed E-state index contributed by atoms with van der Waals surface area (Å²) in [5.41, 5.74) is 1.15. The molecule has 0 bridgehead atoms. The van der Waals surface area contributed by atoms with Crippen LogP contribution in [0.4, 0.5) is 0 Å². The summed E-state index contributed by atoms with van der Waals surface area (Å²) in [5.74, 6) is 0. The average Bonchev–Trinajstić information content (AvgIpc) is 2.48. The lowest BCUT2D eigenvalue weighted by molar-refractivity contribution is 0.100. The molecule has 1 atom stereocenters. The van der Waals surface area contributed by atoms with Gasteiger partial charge in [-0.2, -0.15) is 5.26 Å². The fraction of sp³-hybridized carbons (Fsp3) is 0.600. The molecule has 1 aromatic heterocycles. The van der Waals surface area contributed by atoms with E-state index >= 15 is 0 Å². The van der Waals surface area contributed by atoms with Gasteiger partial charge in [0, 0.05) is 44.8 Å². The van der Waals surface area contributed by atoms with Crippen LogP contribution in [0.25, 0.3) is 0 Å². The summed E-state index contributed by atoms with van der Waals surface area (Å²) in [7, 11) is 0. The van der Waals surface area contributed by atoms with Gasteiger partial charge in [-0.1, -0.05) is 6.07 Å². The van der Waals surface area contributed by atoms with Gasteiger partial charge in [0.05, 0.1) is 11.8 Å². The molecule has 1 aromatic rings. The molecule has 0 spiro atoms. The van der Waals surface area contributed by atoms with E-state index < -0.39 is 0 Å². The van der Waals surface area contributed by atoms with Crippen LogP contribution >= 0.6 is 0 Å². The van der Waals surface area contributed by atoms with E-state index in [4.69, 9.17) is 5.26 Å². The zero-order valence-corrected chi connectivity index (χ0v) is 11.6. The number of nitrogens with zero attached hydrogens (tertiary/aromatic N) is 4. The van der Waals surface area contributed by atoms with Crippen molar-refractivity contribution in [2.75, 3.05) is 32.7 Å². The minimum absolute atomic E-state index is 0.391. The fourth-order valence-electron chi connectivity index (χ4n) is 2.57. The molecule has 1 saturated heterocycles. The first kappa shape index (κ1) is 14.0. The van der Waals surface area contributed by atoms with Crippen molar-refractivity contribution in [3.8, 4) is 6.07 Å². The third kappa shape index (κ3) is 4.02. The molecule has 1 fully saturated rings. The molecule has 0 amide bonds. The van der Waals surface area contributed by atoms with E-state index in [1.807, 2.05) is 12.3 Å². The third-order valence-electron chi connectivity index (χ3n) is 3.83. The first-order chi connectivity index (χ1) is 9.31. The van der Waals surface area contributed by atoms with Crippen molar-refractivity contribution >= 4 is 0 Å². The van der Waals surface area contributed by atoms with Gasteiger partial charge in [-0.05, 0) is 32.0 Å². The molecule has 0 radical (unpaired) electrons. The second-order valence-corrected chi connectivity index (χ2v) is 5.07. The Hall–Kier alpha value is -1.44. The van der Waals surface area contributed by atoms with Crippen LogP contribution < -0.4 is 0 Å². The Morgan fingerprint density at radius 3 is 2.74 bits per heavy atom. The Balaban J connectivity index is 1.78. The van der Waals surface area contributed by atoms with E-state index in [0.717, 1.165) is 44.8 Å². The molecule has 0 aromatic carbocycles. The maximum absolute atomic E-state index is 8.55. The molecular formula is C15H22N4. The molecule has 1 unspecified atom stereocenters. The summed E-state index contributed by atoms with van der Waals surface area (Å²) < 4.78 is 0. The number of hydrogen-bond donors (Lipinski definition) is 0. The minimum Gasteiger partial charge on any atom is -0.301 e. The van der Waals surface area contributed by atoms with Crippen LogP contribution in [-0.4, -0.2) is 47.5 Å². The standard InChI is InChI=1S/C15H22N4/c1-14(15-6-2-4-8-17-15)19-12-10-18(11-13-19)9-5-3-7-16/h2,4,6,8,14H,3,5,9-13H2,1H3. The van der Waals surface area contributed by atoms with Crippen molar-refractivity contribution in [3.63, 3.8) is 0 Å². The number of rotatable bonds is 5. The zero-order valence-electron chi connectivity index (χ0n) is 11.6. The lowest BCUT2D eigenvalue weighted by Crippen LogP contribution is -2.47. The highest BCUT2D eigenvalue weighted by Crippen LogP contribution is 2.19. The molecule has 2 rings (SSSR count). The second-order valence-electron chi connectivity index (χ2n) is 5.07. The van der Waals surface area contributed by atoms with Crippen LogP contribution in [0, 0.1) is 11.3 Å². The summed E-state index contributed by atoms with van der Waals surface area (Å²) in [6.07, 6.45) is 3.53. The summed E-state index contributed by atoms with van der Waals surface area (Å²) in [5, 5.41) is 8.55. The van der Waals surface area contributed by atoms with Crippen LogP contribution in [0.5, 0.6) is 0 Å². The highest BCUT2D eigenvalue weighted by atomic mass is 15.3. The van der Waals surface area contributed by atoms with Crippen LogP contribution in [0.1, 0.15) is 31.5 Å². The molecule has 19 heavy (non-hydrogen) atoms. The number of pyridine rings is 1. The van der Waals surface area contributed by atoms with E-state index in [-0.39, 0.29) is 0 Å². The van der Waals surface area contributed by atoms with E-state index in [2.05, 4.69) is 39.9 Å². The van der Waals surface area contributed by atoms with Gasteiger partial charge in [0.2, 0.25) is 0 Å². The zero-order chi connectivity index (χ0) is 13.5. The van der Waals surface area contributed by atoms with Crippen LogP contribution in [0.2, 0.25) is 0 Å². The molecule has 0 saturated carbocycles. The SMILES string of the molecule is CC(c1ccccn1)N1CCN(CCCC#N)CC1. The summed E-state index contributed by atoms with van der Waals surface area (Å²) in [6.45, 7) is 7.66. The third-order valence-corrected chi connectivity index (χ3v) is 3.83. The van der Waals surface area contributed by atoms with Gasteiger partial charge in [-0.15, -0.1) is 0 Å². The first-order valence-electron chi connectivity index (χ1n) is 7.05. The number of nitriles is 1. The fourth-order valence-corrected chi connectivity index (χ4v) is 2.57. The molecule has 1 aliphatic rings. The van der Waals surface area contributed by atoms with E-state index in [1.54, 1.807) is 0 Å². The topological polar surface area (TPSA) is 43.2 Å². The lowest BCUT2D eigenvalue weighted by Gasteiger charge is -2.37. The molecular weight excluding hydrogens is 236 g/mol. The van der Waals surface area contributed by atoms with Crippen molar-refractivity contribution in [3.05, 3.63) is 30.1 Å². The monoisotopic (exact) mass is 258 g/mol. The van der Waals surface area contributed by atoms with Crippen molar-refractivity contribution in [1.29, 1.82) is 5.26 Å². The summed E-state index contributed by atoms with van der Waals surface area (Å²) >= 11 is 0. The molecule has 0 aliphatic carbocycles. The lowest BCUT2D eigenvalue weighted by atomic mass is 10.1. The number of aromatic nitrogens is 1.